The molecule has 10 aliphatic rings. The van der Waals surface area contributed by atoms with Gasteiger partial charge >= 0.3 is 17.6 Å². The van der Waals surface area contributed by atoms with Crippen molar-refractivity contribution in [1.82, 2.24) is 60.6 Å². The standard InChI is InChI=1S/C49H54F2N8O6.C37H34F2N4.2C6H15NO.C2H3ClO2.CH4/c1-24(2)39(56-46(62)64-5)44(60)58-23-48(15-16-48)21-38(58)42-52-22-37(55-42)28-9-13-32-31-12-8-26(18-33(31)49(50,51)34(32)19-28)27-10-14-35-36(20-27)54-43(53-35)41-29-7-11-30(17-29)59(41)45(61)40(25(3)4)57-47(63)65-6;38-37(39)28-16-20(21-4-8-32-33(18-21)43-35(42-32)34-23-1-5-25(15-23)40-34)2-6-26(28)27-7-3-22(17-29(27)37)30-9-10-31(41-30)24-11-12-36(19-24)13-14-36;2*1-4(2)6(7)5(3)8;1-5-2(3)4;/h8-10,12-14,18-20,22,24-25,29-30,38-41H,7,11,15-17,21,23H2,1-6H3,(H,52,55)(H,53,54)(H,56,62)(H,57,63);2-4,6-10,16-18,23-25,34,40-41H,1,5,11-15,19H2,(H,42,43);2*4-6,8H,7H2,1-3H3;1H3;1H4/t29-,30+,38-,39+,40+,41-;23-,24-,25+,34-;2*5?,6-;;/m0011../s1/i1D3,2D3,3D3,4D3,24D,25D,39D,40D;;2*1D3,2D3,4D,6D;;. The van der Waals surface area contributed by atoms with Gasteiger partial charge in [0.2, 0.25) is 11.8 Å². The first-order chi connectivity index (χ1) is 74.0. The number of ether oxygens (including phenoxy) is 3. The summed E-state index contributed by atoms with van der Waals surface area (Å²) in [7, 11) is 2.93. The van der Waals surface area contributed by atoms with Crippen molar-refractivity contribution < 1.29 is 110 Å². The molecule has 694 valence electrons. The smallest absolute Gasteiger partial charge is 0.407 e. The molecule has 10 aromatic rings. The van der Waals surface area contributed by atoms with Crippen LogP contribution in [0.15, 0.2) is 128 Å². The molecule has 0 radical (unpaired) electrons. The number of benzene rings is 6. The van der Waals surface area contributed by atoms with Gasteiger partial charge in [0.15, 0.2) is 0 Å². The van der Waals surface area contributed by atoms with Gasteiger partial charge in [-0.15, -0.1) is 0 Å². The zero-order chi connectivity index (χ0) is 119. The van der Waals surface area contributed by atoms with Gasteiger partial charge in [-0.1, -0.05) is 123 Å². The van der Waals surface area contributed by atoms with Crippen LogP contribution in [-0.2, 0) is 35.6 Å². The van der Waals surface area contributed by atoms with E-state index in [0.717, 1.165) is 77.1 Å². The molecule has 4 aromatic heterocycles. The number of nitrogens with one attached hydrogen (secondary N) is 7. The van der Waals surface area contributed by atoms with Gasteiger partial charge in [-0.3, -0.25) is 9.59 Å². The highest BCUT2D eigenvalue weighted by Gasteiger charge is 2.57. The SMILES string of the molecule is C.COC(=O)Cl.FC1(F)c2cc(-c3ccc4nc([C@H]5N[C@@H]6CC[C@H]5C6)[nH]c4c3)ccc2-c2ccc(-c3ccc([C@H]4CCC5(CC5)C4)[nH]3)cc21.[2H]C([2H])([2H])C([2H])(C([2H])([2H])[2H])[C@@]([2H])(N)C(C)O.[2H]C([2H])([2H])C([2H])(C([2H])([2H])[2H])[C@@]([2H])(N)C(C)O.[2H]C([2H])([2H])C([2H])(C([2H])([2H])[2H])[C@@]([2H])(NC(=O)OC)C(=O)N1CC2(CC2)C[C@H]1c1ncc(-c2ccc3c(c2)C(F)(F)c2cc(-c4ccc5nc([C@@H]6[C@H]7CC[C@H](C7)N6C(=O)[C@]([2H])(NC(=O)OC)C([2H])(C([2H])([2H])[2H])C([2H])([2H])[2H])[nH]c5c4)ccc2-3)[nH]1. The normalized spacial score (nSPS) is 28.8. The van der Waals surface area contributed by atoms with Crippen LogP contribution in [0.1, 0.15) is 279 Å². The van der Waals surface area contributed by atoms with Crippen LogP contribution in [-0.4, -0.2) is 161 Å². The third-order valence-corrected chi connectivity index (χ3v) is 27.0. The maximum absolute atomic E-state index is 16.9. The number of alkyl halides is 4. The Hall–Kier alpha value is -10.5. The summed E-state index contributed by atoms with van der Waals surface area (Å²) < 4.78 is 327. The molecule has 13 N–H and O–H groups in total. The number of aliphatic hydroxyl groups excluding tert-OH is 2. The molecule has 2 unspecified atom stereocenters. The molecule has 24 nitrogen and oxygen atoms in total. The number of H-pyrrole nitrogens is 4. The fourth-order valence-electron chi connectivity index (χ4n) is 19.7. The molecule has 29 heteroatoms. The van der Waals surface area contributed by atoms with Crippen molar-refractivity contribution in [3.63, 3.8) is 0 Å². The van der Waals surface area contributed by atoms with E-state index in [2.05, 4.69) is 74.2 Å². The number of nitrogens with two attached hydrogens (primary N) is 2. The third kappa shape index (κ3) is 18.6. The number of likely N-dealkylation sites (tertiary alicyclic amines) is 2. The van der Waals surface area contributed by atoms with Crippen LogP contribution in [0.4, 0.5) is 31.9 Å². The zero-order valence-electron chi connectivity index (χ0n) is 103. The van der Waals surface area contributed by atoms with Crippen molar-refractivity contribution in [2.45, 2.75) is 250 Å². The van der Waals surface area contributed by atoms with Gasteiger partial charge in [0.25, 0.3) is 11.8 Å². The summed E-state index contributed by atoms with van der Waals surface area (Å²) in [5.74, 6) is -21.7. The van der Waals surface area contributed by atoms with Gasteiger partial charge in [-0.05, 0) is 267 Å². The Morgan fingerprint density at radius 1 is 0.538 bits per heavy atom. The molecule has 4 bridgehead atoms. The van der Waals surface area contributed by atoms with Crippen molar-refractivity contribution in [2.75, 3.05) is 27.9 Å². The van der Waals surface area contributed by atoms with Crippen molar-refractivity contribution in [3.8, 4) is 67.0 Å². The van der Waals surface area contributed by atoms with E-state index >= 15 is 17.6 Å². The van der Waals surface area contributed by atoms with Crippen molar-refractivity contribution in [1.29, 1.82) is 0 Å². The summed E-state index contributed by atoms with van der Waals surface area (Å²) in [5, 5.41) is 25.7. The average molecular weight is 1840 g/mol. The largest absolute Gasteiger partial charge is 0.457 e. The second-order valence-electron chi connectivity index (χ2n) is 35.0. The van der Waals surface area contributed by atoms with Crippen LogP contribution < -0.4 is 27.4 Å². The van der Waals surface area contributed by atoms with E-state index < -0.39 is 179 Å². The Balaban J connectivity index is 0.000000196. The first-order valence-corrected chi connectivity index (χ1v) is 42.8. The van der Waals surface area contributed by atoms with E-state index in [0.29, 0.717) is 88.7 Å². The van der Waals surface area contributed by atoms with Gasteiger partial charge in [0.1, 0.15) is 29.5 Å². The highest BCUT2D eigenvalue weighted by atomic mass is 35.5. The number of amides is 4. The average Bonchev–Trinajstić information content (AvgIpc) is 1.69. The van der Waals surface area contributed by atoms with Crippen LogP contribution >= 0.6 is 11.6 Å². The van der Waals surface area contributed by atoms with Gasteiger partial charge in [-0.25, -0.2) is 29.3 Å². The summed E-state index contributed by atoms with van der Waals surface area (Å²) in [6, 6.07) is 20.5. The fraction of sp³-hybridized carbons (Fsp3) is 0.505. The summed E-state index contributed by atoms with van der Waals surface area (Å²) in [6.45, 7) is -26.7. The third-order valence-electron chi connectivity index (χ3n) is 26.9. The summed E-state index contributed by atoms with van der Waals surface area (Å²) in [4.78, 5) is 93.6. The van der Waals surface area contributed by atoms with Gasteiger partial charge < -0.3 is 81.6 Å². The van der Waals surface area contributed by atoms with Crippen LogP contribution in [0.2, 0.25) is 0 Å². The lowest BCUT2D eigenvalue weighted by Gasteiger charge is -2.37. The molecule has 4 amide bonds. The number of carbonyl (C=O) groups excluding carboxylic acids is 5. The molecule has 20 rings (SSSR count). The predicted molar refractivity (Wildman–Crippen MR) is 496 cm³/mol. The van der Waals surface area contributed by atoms with Crippen LogP contribution in [0, 0.1) is 46.2 Å². The summed E-state index contributed by atoms with van der Waals surface area (Å²) in [5.41, 5.74) is 19.7. The highest BCUT2D eigenvalue weighted by Crippen LogP contribution is 2.63. The number of methoxy groups -OCH3 is 3. The first-order valence-electron chi connectivity index (χ1n) is 58.4. The van der Waals surface area contributed by atoms with Crippen molar-refractivity contribution in [2.24, 2.45) is 57.7 Å². The Morgan fingerprint density at radius 2 is 1.02 bits per heavy atom. The van der Waals surface area contributed by atoms with E-state index in [4.69, 9.17) is 63.9 Å². The molecule has 7 aliphatic carbocycles. The second-order valence-corrected chi connectivity index (χ2v) is 35.3. The molecule has 3 saturated heterocycles. The Labute approximate surface area is 807 Å². The Morgan fingerprint density at radius 3 is 1.48 bits per heavy atom. The van der Waals surface area contributed by atoms with E-state index in [1.807, 2.05) is 36.4 Å². The molecular formula is C101H125ClF4N14O10. The number of rotatable bonds is 18. The number of nitrogens with zero attached hydrogens (tertiary/aromatic N) is 5. The highest BCUT2D eigenvalue weighted by molar-refractivity contribution is 6.61. The van der Waals surface area contributed by atoms with Crippen LogP contribution in [0.25, 0.3) is 89.1 Å². The number of aromatic nitrogens is 7. The molecule has 7 heterocycles. The molecular weight excluding hydrogens is 1680 g/mol. The first kappa shape index (κ1) is 61.3. The van der Waals surface area contributed by atoms with Gasteiger partial charge in [0, 0.05) is 123 Å². The van der Waals surface area contributed by atoms with Crippen LogP contribution in [0.5, 0.6) is 0 Å². The quantitative estimate of drug-likeness (QED) is 0.0216. The van der Waals surface area contributed by atoms with Crippen molar-refractivity contribution in [3.05, 3.63) is 173 Å². The number of hydrogen-bond donors (Lipinski definition) is 11. The maximum Gasteiger partial charge on any atom is 0.407 e. The minimum absolute atomic E-state index is 0. The molecule has 8 fully saturated rings. The second kappa shape index (κ2) is 37.3. The van der Waals surface area contributed by atoms with E-state index in [9.17, 15) is 35.6 Å². The number of carbonyl (C=O) groups is 5. The Kier molecular flexibility index (Phi) is 17.6. The molecule has 2 spiro atoms. The monoisotopic (exact) mass is 1840 g/mol. The molecule has 5 saturated carbocycles. The number of halogens is 5. The summed E-state index contributed by atoms with van der Waals surface area (Å²) >= 11 is 4.60. The lowest BCUT2D eigenvalue weighted by Crippen LogP contribution is -2.54. The van der Waals surface area contributed by atoms with Gasteiger partial charge in [0.05, 0.1) is 88.4 Å². The van der Waals surface area contributed by atoms with Crippen LogP contribution in [0.3, 0.4) is 0 Å². The van der Waals surface area contributed by atoms with E-state index in [1.54, 1.807) is 59.2 Å². The van der Waals surface area contributed by atoms with E-state index in [1.165, 1.54) is 88.6 Å². The number of aromatic amines is 4. The fourth-order valence-corrected chi connectivity index (χ4v) is 19.7. The van der Waals surface area contributed by atoms with Crippen molar-refractivity contribution >= 4 is 63.1 Å². The molecule has 3 aliphatic heterocycles. The molecule has 14 atom stereocenters. The predicted octanol–water partition coefficient (Wildman–Crippen LogP) is 20.1. The summed E-state index contributed by atoms with van der Waals surface area (Å²) in [6.07, 6.45) is 7.79. The Bertz CT molecular complexity index is 7220. The number of fused-ring (bicyclic) bond motifs is 12. The minimum Gasteiger partial charge on any atom is -0.457 e. The lowest BCUT2D eigenvalue weighted by atomic mass is 9.95. The topological polar surface area (TPSA) is 350 Å². The minimum atomic E-state index is -3.91. The maximum atomic E-state index is 16.9. The lowest BCUT2D eigenvalue weighted by molar-refractivity contribution is -0.139. The molecule has 130 heavy (non-hydrogen) atoms. The number of hydrogen-bond acceptors (Lipinski definition) is 16. The number of aliphatic hydroxyl groups is 2. The number of alkyl carbamates (subject to hydrolysis) is 2. The number of imidazole rings is 3. The van der Waals surface area contributed by atoms with E-state index in [-0.39, 0.29) is 88.6 Å². The number of piperidine rings is 2. The molecule has 6 aromatic carbocycles. The van der Waals surface area contributed by atoms with Gasteiger partial charge in [-0.2, -0.15) is 17.6 Å². The zero-order valence-corrected chi connectivity index (χ0v) is 71.7.